The summed E-state index contributed by atoms with van der Waals surface area (Å²) in [6, 6.07) is 8.62. The van der Waals surface area contributed by atoms with E-state index in [1.165, 1.54) is 25.5 Å². The van der Waals surface area contributed by atoms with E-state index in [0.29, 0.717) is 6.61 Å². The smallest absolute Gasteiger partial charge is 0.387 e. The first-order valence-electron chi connectivity index (χ1n) is 7.94. The zero-order chi connectivity index (χ0) is 15.8. The first kappa shape index (κ1) is 14.8. The summed E-state index contributed by atoms with van der Waals surface area (Å²) in [6.07, 6.45) is 6.55. The summed E-state index contributed by atoms with van der Waals surface area (Å²) in [5.41, 5.74) is 1.31. The van der Waals surface area contributed by atoms with Crippen molar-refractivity contribution in [3.05, 3.63) is 45.3 Å². The van der Waals surface area contributed by atoms with Gasteiger partial charge in [0.25, 0.3) is 5.01 Å². The predicted octanol–water partition coefficient (Wildman–Crippen LogP) is 4.39. The van der Waals surface area contributed by atoms with Gasteiger partial charge in [-0.25, -0.2) is 0 Å². The molecule has 118 valence electrons. The molecule has 2 aromatic rings. The minimum atomic E-state index is 0.668. The van der Waals surface area contributed by atoms with E-state index in [1.54, 1.807) is 11.3 Å². The van der Waals surface area contributed by atoms with Crippen molar-refractivity contribution < 1.29 is 9.30 Å². The maximum Gasteiger partial charge on any atom is 0.387 e. The van der Waals surface area contributed by atoms with Gasteiger partial charge in [-0.1, -0.05) is 35.2 Å². The largest absolute Gasteiger partial charge is 0.439 e. The molecule has 0 spiro atoms. The third kappa shape index (κ3) is 2.48. The van der Waals surface area contributed by atoms with Crippen LogP contribution in [0.1, 0.15) is 23.7 Å². The van der Waals surface area contributed by atoms with Gasteiger partial charge in [0.15, 0.2) is 6.54 Å². The van der Waals surface area contributed by atoms with Crippen molar-refractivity contribution >= 4 is 40.9 Å². The van der Waals surface area contributed by atoms with Gasteiger partial charge >= 0.3 is 5.88 Å². The summed E-state index contributed by atoms with van der Waals surface area (Å²) in [6.45, 7) is 6.94. The van der Waals surface area contributed by atoms with E-state index in [4.69, 9.17) is 4.74 Å². The van der Waals surface area contributed by atoms with Crippen LogP contribution in [0.25, 0.3) is 12.2 Å². The van der Waals surface area contributed by atoms with E-state index in [-0.39, 0.29) is 0 Å². The first-order valence-corrected chi connectivity index (χ1v) is 9.57. The van der Waals surface area contributed by atoms with Crippen molar-refractivity contribution in [1.29, 1.82) is 0 Å². The lowest BCUT2D eigenvalue weighted by molar-refractivity contribution is -0.695. The summed E-state index contributed by atoms with van der Waals surface area (Å²) in [5, 5.41) is 2.54. The first-order chi connectivity index (χ1) is 11.3. The lowest BCUT2D eigenvalue weighted by Gasteiger charge is -2.17. The van der Waals surface area contributed by atoms with Crippen LogP contribution >= 0.6 is 23.1 Å². The molecule has 0 N–H and O–H groups in total. The van der Waals surface area contributed by atoms with Gasteiger partial charge in [-0.15, -0.1) is 0 Å². The Labute approximate surface area is 144 Å². The van der Waals surface area contributed by atoms with E-state index in [1.807, 2.05) is 11.8 Å². The number of thiazole rings is 1. The van der Waals surface area contributed by atoms with Gasteiger partial charge < -0.3 is 9.64 Å². The zero-order valence-corrected chi connectivity index (χ0v) is 14.9. The molecule has 0 bridgehead atoms. The van der Waals surface area contributed by atoms with Crippen LogP contribution in [0, 0.1) is 0 Å². The molecular formula is C18H19N2OS2+. The van der Waals surface area contributed by atoms with Crippen molar-refractivity contribution in [3.8, 4) is 5.88 Å². The molecular weight excluding hydrogens is 324 g/mol. The van der Waals surface area contributed by atoms with Crippen molar-refractivity contribution in [2.45, 2.75) is 25.3 Å². The number of hydrogen-bond donors (Lipinski definition) is 0. The van der Waals surface area contributed by atoms with Gasteiger partial charge in [0, 0.05) is 11.4 Å². The Kier molecular flexibility index (Phi) is 3.91. The summed E-state index contributed by atoms with van der Waals surface area (Å²) >= 11 is 3.65. The maximum absolute atomic E-state index is 5.84. The van der Waals surface area contributed by atoms with E-state index in [2.05, 4.69) is 65.8 Å². The second-order valence-corrected chi connectivity index (χ2v) is 7.49. The zero-order valence-electron chi connectivity index (χ0n) is 13.3. The maximum atomic E-state index is 5.84. The summed E-state index contributed by atoms with van der Waals surface area (Å²) in [4.78, 5) is 4.93. The number of para-hydroxylation sites is 1. The van der Waals surface area contributed by atoms with Gasteiger partial charge in [-0.3, -0.25) is 0 Å². The molecule has 0 amide bonds. The summed E-state index contributed by atoms with van der Waals surface area (Å²) in [5.74, 6) is 1.01. The van der Waals surface area contributed by atoms with Gasteiger partial charge in [-0.05, 0) is 38.1 Å². The number of anilines is 1. The van der Waals surface area contributed by atoms with Crippen LogP contribution < -0.4 is 14.2 Å². The fraction of sp³-hybridized carbons (Fsp3) is 0.278. The van der Waals surface area contributed by atoms with Crippen LogP contribution in [0.2, 0.25) is 0 Å². The minimum Gasteiger partial charge on any atom is -0.439 e. The monoisotopic (exact) mass is 343 g/mol. The van der Waals surface area contributed by atoms with Crippen LogP contribution in [0.15, 0.2) is 40.3 Å². The molecule has 5 heteroatoms. The molecule has 0 radical (unpaired) electrons. The van der Waals surface area contributed by atoms with Crippen LogP contribution in [0.5, 0.6) is 5.88 Å². The van der Waals surface area contributed by atoms with Crippen LogP contribution in [-0.2, 0) is 6.54 Å². The Morgan fingerprint density at radius 1 is 1.30 bits per heavy atom. The number of nitrogens with zero attached hydrogens (tertiary/aromatic N) is 2. The molecule has 2 aliphatic heterocycles. The van der Waals surface area contributed by atoms with E-state index in [9.17, 15) is 0 Å². The van der Waals surface area contributed by atoms with Crippen molar-refractivity contribution in [2.24, 2.45) is 0 Å². The molecule has 0 saturated heterocycles. The Morgan fingerprint density at radius 2 is 2.17 bits per heavy atom. The highest BCUT2D eigenvalue weighted by Crippen LogP contribution is 2.46. The van der Waals surface area contributed by atoms with Crippen LogP contribution in [-0.4, -0.2) is 13.2 Å². The fourth-order valence-electron chi connectivity index (χ4n) is 2.98. The quantitative estimate of drug-likeness (QED) is 0.769. The van der Waals surface area contributed by atoms with E-state index in [0.717, 1.165) is 19.0 Å². The average Bonchev–Trinajstić information content (AvgIpc) is 3.11. The number of fused-ring (bicyclic) bond motifs is 2. The number of rotatable bonds is 3. The fourth-order valence-corrected chi connectivity index (χ4v) is 5.36. The third-order valence-corrected chi connectivity index (χ3v) is 6.23. The highest BCUT2D eigenvalue weighted by atomic mass is 32.2. The summed E-state index contributed by atoms with van der Waals surface area (Å²) < 4.78 is 8.11. The van der Waals surface area contributed by atoms with Gasteiger partial charge in [0.1, 0.15) is 11.5 Å². The third-order valence-electron chi connectivity index (χ3n) is 4.04. The molecule has 0 fully saturated rings. The van der Waals surface area contributed by atoms with Gasteiger partial charge in [-0.2, -0.15) is 4.57 Å². The highest BCUT2D eigenvalue weighted by molar-refractivity contribution is 8.03. The number of aromatic nitrogens is 1. The summed E-state index contributed by atoms with van der Waals surface area (Å²) in [7, 11) is 0. The molecule has 0 saturated carbocycles. The molecule has 2 aliphatic rings. The molecule has 0 aliphatic carbocycles. The molecule has 1 aromatic heterocycles. The number of ether oxygens (including phenoxy) is 1. The average molecular weight is 343 g/mol. The molecule has 0 atom stereocenters. The second kappa shape index (κ2) is 6.06. The Bertz CT molecular complexity index is 807. The Hall–Kier alpha value is -1.72. The molecule has 1 aromatic carbocycles. The Morgan fingerprint density at radius 3 is 3.00 bits per heavy atom. The SMILES string of the molecule is CCN1C(=Cc2sc3c([n+]2CC)OCC=C3)Sc2ccccc21. The predicted molar refractivity (Wildman–Crippen MR) is 98.0 cm³/mol. The molecule has 3 heterocycles. The van der Waals surface area contributed by atoms with E-state index >= 15 is 0 Å². The highest BCUT2D eigenvalue weighted by Gasteiger charge is 2.29. The van der Waals surface area contributed by atoms with Gasteiger partial charge in [0.2, 0.25) is 0 Å². The minimum absolute atomic E-state index is 0.668. The van der Waals surface area contributed by atoms with Crippen LogP contribution in [0.4, 0.5) is 5.69 Å². The van der Waals surface area contributed by atoms with Gasteiger partial charge in [0.05, 0.1) is 16.8 Å². The second-order valence-electron chi connectivity index (χ2n) is 5.36. The molecule has 4 rings (SSSR count). The van der Waals surface area contributed by atoms with E-state index < -0.39 is 0 Å². The molecule has 23 heavy (non-hydrogen) atoms. The number of benzene rings is 1. The number of thioether (sulfide) groups is 1. The standard InChI is InChI=1S/C18H19N2OS2/c1-3-19-13-8-5-6-9-14(13)22-16(19)12-17-20(4-2)18-15(23-17)10-7-11-21-18/h5-10,12H,3-4,11H2,1-2H3/q+1. The lowest BCUT2D eigenvalue weighted by atomic mass is 10.3. The topological polar surface area (TPSA) is 16.4 Å². The molecule has 0 unspecified atom stereocenters. The number of hydrogen-bond acceptors (Lipinski definition) is 4. The van der Waals surface area contributed by atoms with Crippen molar-refractivity contribution in [2.75, 3.05) is 18.1 Å². The molecule has 3 nitrogen and oxygen atoms in total. The Balaban J connectivity index is 1.77. The van der Waals surface area contributed by atoms with Crippen LogP contribution in [0.3, 0.4) is 0 Å². The van der Waals surface area contributed by atoms with Crippen molar-refractivity contribution in [3.63, 3.8) is 0 Å². The lowest BCUT2D eigenvalue weighted by Crippen LogP contribution is -2.35. The normalized spacial score (nSPS) is 17.3. The van der Waals surface area contributed by atoms with Crippen molar-refractivity contribution in [1.82, 2.24) is 0 Å².